The van der Waals surface area contributed by atoms with E-state index in [2.05, 4.69) is 5.32 Å². The first-order chi connectivity index (χ1) is 7.58. The molecule has 3 nitrogen and oxygen atoms in total. The maximum atomic E-state index is 11.5. The fourth-order valence-electron chi connectivity index (χ4n) is 1.02. The largest absolute Gasteiger partial charge is 0.326 e. The van der Waals surface area contributed by atoms with E-state index in [0.29, 0.717) is 16.3 Å². The van der Waals surface area contributed by atoms with Crippen molar-refractivity contribution in [1.82, 2.24) is 0 Å². The summed E-state index contributed by atoms with van der Waals surface area (Å²) in [5.41, 5.74) is 0.941. The third kappa shape index (κ3) is 3.13. The molecule has 0 saturated heterocycles. The molecule has 1 amide bonds. The van der Waals surface area contributed by atoms with E-state index in [9.17, 15) is 4.79 Å². The Morgan fingerprint density at radius 2 is 2.31 bits per heavy atom. The SMILES string of the molecule is CC(CCl)C(=O)Nc1ccc(C#N)c(Cl)c1. The first kappa shape index (κ1) is 12.8. The molecule has 1 unspecified atom stereocenters. The molecular formula is C11H10Cl2N2O. The number of nitriles is 1. The Kier molecular flexibility index (Phi) is 4.60. The lowest BCUT2D eigenvalue weighted by Gasteiger charge is -2.09. The second kappa shape index (κ2) is 5.74. The predicted octanol–water partition coefficient (Wildman–Crippen LogP) is 3.03. The van der Waals surface area contributed by atoms with Gasteiger partial charge in [0.1, 0.15) is 6.07 Å². The van der Waals surface area contributed by atoms with Gasteiger partial charge in [-0.05, 0) is 18.2 Å². The van der Waals surface area contributed by atoms with E-state index in [4.69, 9.17) is 28.5 Å². The molecule has 0 saturated carbocycles. The number of benzene rings is 1. The van der Waals surface area contributed by atoms with Gasteiger partial charge in [-0.3, -0.25) is 4.79 Å². The number of carbonyl (C=O) groups is 1. The van der Waals surface area contributed by atoms with Crippen molar-refractivity contribution in [2.24, 2.45) is 5.92 Å². The maximum Gasteiger partial charge on any atom is 0.228 e. The molecule has 0 aliphatic heterocycles. The number of nitrogens with zero attached hydrogens (tertiary/aromatic N) is 1. The van der Waals surface area contributed by atoms with Gasteiger partial charge >= 0.3 is 0 Å². The van der Waals surface area contributed by atoms with Crippen molar-refractivity contribution < 1.29 is 4.79 Å². The third-order valence-electron chi connectivity index (χ3n) is 2.04. The van der Waals surface area contributed by atoms with Crippen LogP contribution in [0.25, 0.3) is 0 Å². The molecule has 1 aromatic rings. The summed E-state index contributed by atoms with van der Waals surface area (Å²) in [6.07, 6.45) is 0. The Bertz CT molecular complexity index is 440. The van der Waals surface area contributed by atoms with E-state index in [1.54, 1.807) is 25.1 Å². The van der Waals surface area contributed by atoms with Crippen molar-refractivity contribution in [3.63, 3.8) is 0 Å². The Morgan fingerprint density at radius 3 is 2.81 bits per heavy atom. The number of anilines is 1. The fourth-order valence-corrected chi connectivity index (χ4v) is 1.38. The van der Waals surface area contributed by atoms with E-state index in [1.807, 2.05) is 6.07 Å². The molecule has 1 aromatic carbocycles. The summed E-state index contributed by atoms with van der Waals surface area (Å²) in [6.45, 7) is 1.73. The van der Waals surface area contributed by atoms with Gasteiger partial charge in [0.15, 0.2) is 0 Å². The van der Waals surface area contributed by atoms with Crippen molar-refractivity contribution >= 4 is 34.8 Å². The summed E-state index contributed by atoms with van der Waals surface area (Å²) in [6, 6.07) is 6.67. The van der Waals surface area contributed by atoms with Crippen LogP contribution < -0.4 is 5.32 Å². The van der Waals surface area contributed by atoms with Gasteiger partial charge in [0.05, 0.1) is 10.6 Å². The van der Waals surface area contributed by atoms with Crippen LogP contribution in [0.3, 0.4) is 0 Å². The number of alkyl halides is 1. The molecule has 1 N–H and O–H groups in total. The molecule has 0 aliphatic rings. The monoisotopic (exact) mass is 256 g/mol. The van der Waals surface area contributed by atoms with Crippen molar-refractivity contribution in [2.75, 3.05) is 11.2 Å². The van der Waals surface area contributed by atoms with Gasteiger partial charge in [-0.25, -0.2) is 0 Å². The standard InChI is InChI=1S/C11H10Cl2N2O/c1-7(5-12)11(16)15-9-3-2-8(6-14)10(13)4-9/h2-4,7H,5H2,1H3,(H,15,16). The van der Waals surface area contributed by atoms with Crippen LogP contribution in [-0.4, -0.2) is 11.8 Å². The molecule has 16 heavy (non-hydrogen) atoms. The lowest BCUT2D eigenvalue weighted by Crippen LogP contribution is -2.21. The molecular weight excluding hydrogens is 247 g/mol. The van der Waals surface area contributed by atoms with Gasteiger partial charge in [-0.1, -0.05) is 18.5 Å². The minimum absolute atomic E-state index is 0.171. The van der Waals surface area contributed by atoms with E-state index >= 15 is 0 Å². The zero-order chi connectivity index (χ0) is 12.1. The number of amides is 1. The van der Waals surface area contributed by atoms with Gasteiger partial charge < -0.3 is 5.32 Å². The minimum atomic E-state index is -0.268. The van der Waals surface area contributed by atoms with Crippen LogP contribution in [0.5, 0.6) is 0 Å². The molecule has 0 heterocycles. The smallest absolute Gasteiger partial charge is 0.228 e. The van der Waals surface area contributed by atoms with Crippen LogP contribution in [0.2, 0.25) is 5.02 Å². The van der Waals surface area contributed by atoms with Gasteiger partial charge in [-0.15, -0.1) is 11.6 Å². The molecule has 0 radical (unpaired) electrons. The molecule has 0 aliphatic carbocycles. The Hall–Kier alpha value is -1.24. The first-order valence-electron chi connectivity index (χ1n) is 4.65. The van der Waals surface area contributed by atoms with Gasteiger partial charge in [0, 0.05) is 17.5 Å². The zero-order valence-corrected chi connectivity index (χ0v) is 10.1. The number of nitrogens with one attached hydrogen (secondary N) is 1. The van der Waals surface area contributed by atoms with Crippen LogP contribution >= 0.6 is 23.2 Å². The number of carbonyl (C=O) groups excluding carboxylic acids is 1. The molecule has 5 heteroatoms. The number of hydrogen-bond donors (Lipinski definition) is 1. The second-order valence-electron chi connectivity index (χ2n) is 3.35. The normalized spacial score (nSPS) is 11.6. The zero-order valence-electron chi connectivity index (χ0n) is 8.63. The predicted molar refractivity (Wildman–Crippen MR) is 64.7 cm³/mol. The number of rotatable bonds is 3. The van der Waals surface area contributed by atoms with Crippen LogP contribution in [0.15, 0.2) is 18.2 Å². The molecule has 84 valence electrons. The number of halogens is 2. The van der Waals surface area contributed by atoms with Crippen molar-refractivity contribution in [3.8, 4) is 6.07 Å². The summed E-state index contributed by atoms with van der Waals surface area (Å²) in [5.74, 6) is -0.178. The summed E-state index contributed by atoms with van der Waals surface area (Å²) in [7, 11) is 0. The fraction of sp³-hybridized carbons (Fsp3) is 0.273. The number of hydrogen-bond acceptors (Lipinski definition) is 2. The molecule has 1 atom stereocenters. The Labute approximate surface area is 104 Å². The van der Waals surface area contributed by atoms with Crippen LogP contribution in [-0.2, 0) is 4.79 Å². The highest BCUT2D eigenvalue weighted by Gasteiger charge is 2.12. The molecule has 0 spiro atoms. The lowest BCUT2D eigenvalue weighted by molar-refractivity contribution is -0.118. The maximum absolute atomic E-state index is 11.5. The summed E-state index contributed by atoms with van der Waals surface area (Å²) >= 11 is 11.4. The van der Waals surface area contributed by atoms with Crippen LogP contribution in [0.4, 0.5) is 5.69 Å². The molecule has 1 rings (SSSR count). The Morgan fingerprint density at radius 1 is 1.62 bits per heavy atom. The highest BCUT2D eigenvalue weighted by atomic mass is 35.5. The van der Waals surface area contributed by atoms with E-state index in [0.717, 1.165) is 0 Å². The average molecular weight is 257 g/mol. The van der Waals surface area contributed by atoms with Crippen molar-refractivity contribution in [3.05, 3.63) is 28.8 Å². The molecule has 0 bridgehead atoms. The van der Waals surface area contributed by atoms with Crippen LogP contribution in [0.1, 0.15) is 12.5 Å². The molecule has 0 fully saturated rings. The first-order valence-corrected chi connectivity index (χ1v) is 5.56. The highest BCUT2D eigenvalue weighted by Crippen LogP contribution is 2.20. The van der Waals surface area contributed by atoms with Crippen molar-refractivity contribution in [1.29, 1.82) is 5.26 Å². The van der Waals surface area contributed by atoms with Crippen molar-refractivity contribution in [2.45, 2.75) is 6.92 Å². The minimum Gasteiger partial charge on any atom is -0.326 e. The van der Waals surface area contributed by atoms with E-state index in [1.165, 1.54) is 0 Å². The quantitative estimate of drug-likeness (QED) is 0.846. The second-order valence-corrected chi connectivity index (χ2v) is 4.07. The topological polar surface area (TPSA) is 52.9 Å². The van der Waals surface area contributed by atoms with Gasteiger partial charge in [0.25, 0.3) is 0 Å². The summed E-state index contributed by atoms with van der Waals surface area (Å²) in [4.78, 5) is 11.5. The highest BCUT2D eigenvalue weighted by molar-refractivity contribution is 6.32. The van der Waals surface area contributed by atoms with Gasteiger partial charge in [0.2, 0.25) is 5.91 Å². The van der Waals surface area contributed by atoms with Crippen LogP contribution in [0, 0.1) is 17.2 Å². The van der Waals surface area contributed by atoms with E-state index in [-0.39, 0.29) is 17.7 Å². The third-order valence-corrected chi connectivity index (χ3v) is 2.81. The Balaban J connectivity index is 2.80. The van der Waals surface area contributed by atoms with Gasteiger partial charge in [-0.2, -0.15) is 5.26 Å². The van der Waals surface area contributed by atoms with E-state index < -0.39 is 0 Å². The average Bonchev–Trinajstić information content (AvgIpc) is 2.28. The molecule has 0 aromatic heterocycles. The lowest BCUT2D eigenvalue weighted by atomic mass is 10.2. The summed E-state index contributed by atoms with van der Waals surface area (Å²) < 4.78 is 0. The summed E-state index contributed by atoms with van der Waals surface area (Å²) in [5, 5.41) is 11.7.